The predicted octanol–water partition coefficient (Wildman–Crippen LogP) is 2.37. The van der Waals surface area contributed by atoms with Crippen LogP contribution in [0.2, 0.25) is 0 Å². The van der Waals surface area contributed by atoms with Crippen LogP contribution in [0, 0.1) is 6.92 Å². The second-order valence-electron chi connectivity index (χ2n) is 6.46. The van der Waals surface area contributed by atoms with E-state index in [9.17, 15) is 9.59 Å². The summed E-state index contributed by atoms with van der Waals surface area (Å²) < 4.78 is 6.96. The quantitative estimate of drug-likeness (QED) is 0.774. The lowest BCUT2D eigenvalue weighted by molar-refractivity contribution is 0.0300. The number of morpholine rings is 1. The molecule has 138 valence electrons. The van der Waals surface area contributed by atoms with Crippen LogP contribution in [-0.2, 0) is 4.74 Å². The van der Waals surface area contributed by atoms with Crippen LogP contribution in [0.1, 0.15) is 26.7 Å². The van der Waals surface area contributed by atoms with Crippen LogP contribution in [-0.4, -0.2) is 52.4 Å². The van der Waals surface area contributed by atoms with E-state index in [1.165, 1.54) is 0 Å². The Balaban J connectivity index is 1.67. The standard InChI is InChI=1S/C20H20N4O3/c1-14-5-7-15(8-6-14)21-19(25)18-22-17(16-4-2-3-9-24(16)18)20(26)23-10-12-27-13-11-23/h2-9H,10-13H2,1H3,(H,21,25). The average molecular weight is 364 g/mol. The number of nitrogens with one attached hydrogen (secondary N) is 1. The van der Waals surface area contributed by atoms with Gasteiger partial charge >= 0.3 is 0 Å². The van der Waals surface area contributed by atoms with Crippen LogP contribution in [0.4, 0.5) is 5.69 Å². The zero-order chi connectivity index (χ0) is 18.8. The molecule has 0 saturated carbocycles. The number of anilines is 1. The molecule has 1 N–H and O–H groups in total. The van der Waals surface area contributed by atoms with Crippen molar-refractivity contribution in [2.45, 2.75) is 6.92 Å². The molecule has 1 aliphatic rings. The van der Waals surface area contributed by atoms with Gasteiger partial charge in [0.2, 0.25) is 5.82 Å². The van der Waals surface area contributed by atoms with Gasteiger partial charge in [-0.05, 0) is 31.2 Å². The number of ether oxygens (including phenoxy) is 1. The number of pyridine rings is 1. The highest BCUT2D eigenvalue weighted by atomic mass is 16.5. The third kappa shape index (κ3) is 3.41. The minimum absolute atomic E-state index is 0.183. The Bertz CT molecular complexity index is 988. The molecule has 27 heavy (non-hydrogen) atoms. The van der Waals surface area contributed by atoms with Crippen LogP contribution in [0.3, 0.4) is 0 Å². The van der Waals surface area contributed by atoms with Gasteiger partial charge in [0.05, 0.1) is 18.7 Å². The van der Waals surface area contributed by atoms with Crippen molar-refractivity contribution in [3.8, 4) is 0 Å². The summed E-state index contributed by atoms with van der Waals surface area (Å²) in [6.45, 7) is 4.05. The van der Waals surface area contributed by atoms with Crippen molar-refractivity contribution in [3.05, 3.63) is 65.7 Å². The molecule has 1 fully saturated rings. The number of rotatable bonds is 3. The van der Waals surface area contributed by atoms with E-state index in [0.717, 1.165) is 5.56 Å². The molecule has 0 bridgehead atoms. The number of aryl methyl sites for hydroxylation is 1. The zero-order valence-electron chi connectivity index (χ0n) is 15.0. The first kappa shape index (κ1) is 17.2. The molecule has 0 spiro atoms. The summed E-state index contributed by atoms with van der Waals surface area (Å²) in [5.41, 5.74) is 2.69. The van der Waals surface area contributed by atoms with Crippen molar-refractivity contribution in [2.24, 2.45) is 0 Å². The van der Waals surface area contributed by atoms with Gasteiger partial charge in [0.15, 0.2) is 5.69 Å². The fraction of sp³-hybridized carbons (Fsp3) is 0.250. The number of carbonyl (C=O) groups excluding carboxylic acids is 2. The first-order valence-electron chi connectivity index (χ1n) is 8.85. The van der Waals surface area contributed by atoms with Crippen molar-refractivity contribution in [1.82, 2.24) is 14.3 Å². The molecule has 0 unspecified atom stereocenters. The first-order chi connectivity index (χ1) is 13.1. The van der Waals surface area contributed by atoms with Gasteiger partial charge in [-0.15, -0.1) is 0 Å². The van der Waals surface area contributed by atoms with Crippen LogP contribution < -0.4 is 5.32 Å². The van der Waals surface area contributed by atoms with E-state index in [1.807, 2.05) is 37.3 Å². The minimum Gasteiger partial charge on any atom is -0.378 e. The van der Waals surface area contributed by atoms with E-state index in [-0.39, 0.29) is 23.3 Å². The molecular formula is C20H20N4O3. The van der Waals surface area contributed by atoms with E-state index in [2.05, 4.69) is 10.3 Å². The molecule has 0 atom stereocenters. The van der Waals surface area contributed by atoms with Gasteiger partial charge < -0.3 is 15.0 Å². The lowest BCUT2D eigenvalue weighted by atomic mass is 10.2. The topological polar surface area (TPSA) is 75.9 Å². The molecule has 3 heterocycles. The Morgan fingerprint density at radius 3 is 2.56 bits per heavy atom. The van der Waals surface area contributed by atoms with Crippen LogP contribution >= 0.6 is 0 Å². The maximum atomic E-state index is 12.9. The summed E-state index contributed by atoms with van der Waals surface area (Å²) in [6.07, 6.45) is 1.74. The fourth-order valence-electron chi connectivity index (χ4n) is 3.10. The Morgan fingerprint density at radius 2 is 1.81 bits per heavy atom. The maximum absolute atomic E-state index is 12.9. The molecule has 0 radical (unpaired) electrons. The van der Waals surface area contributed by atoms with Crippen LogP contribution in [0.15, 0.2) is 48.7 Å². The van der Waals surface area contributed by atoms with Gasteiger partial charge in [0, 0.05) is 25.0 Å². The number of nitrogens with zero attached hydrogens (tertiary/aromatic N) is 3. The molecular weight excluding hydrogens is 344 g/mol. The lowest BCUT2D eigenvalue weighted by Crippen LogP contribution is -2.40. The van der Waals surface area contributed by atoms with Gasteiger partial charge in [0.1, 0.15) is 0 Å². The zero-order valence-corrected chi connectivity index (χ0v) is 15.0. The number of hydrogen-bond acceptors (Lipinski definition) is 4. The van der Waals surface area contributed by atoms with Gasteiger partial charge in [-0.25, -0.2) is 4.98 Å². The van der Waals surface area contributed by atoms with Crippen molar-refractivity contribution in [3.63, 3.8) is 0 Å². The number of carbonyl (C=O) groups is 2. The highest BCUT2D eigenvalue weighted by molar-refractivity contribution is 6.06. The van der Waals surface area contributed by atoms with Crippen molar-refractivity contribution >= 4 is 23.0 Å². The van der Waals surface area contributed by atoms with E-state index in [0.29, 0.717) is 37.5 Å². The van der Waals surface area contributed by atoms with E-state index >= 15 is 0 Å². The minimum atomic E-state index is -0.360. The molecule has 0 aliphatic carbocycles. The van der Waals surface area contributed by atoms with E-state index in [4.69, 9.17) is 4.74 Å². The molecule has 4 rings (SSSR count). The molecule has 2 amide bonds. The predicted molar refractivity (Wildman–Crippen MR) is 101 cm³/mol. The number of aromatic nitrogens is 2. The summed E-state index contributed by atoms with van der Waals surface area (Å²) >= 11 is 0. The summed E-state index contributed by atoms with van der Waals surface area (Å²) in [5, 5.41) is 2.84. The first-order valence-corrected chi connectivity index (χ1v) is 8.85. The third-order valence-corrected chi connectivity index (χ3v) is 4.56. The average Bonchev–Trinajstić information content (AvgIpc) is 3.10. The second kappa shape index (κ2) is 7.20. The molecule has 1 aromatic carbocycles. The third-order valence-electron chi connectivity index (χ3n) is 4.56. The molecule has 7 nitrogen and oxygen atoms in total. The number of imidazole rings is 1. The van der Waals surface area contributed by atoms with Gasteiger partial charge in [-0.1, -0.05) is 23.8 Å². The normalized spacial score (nSPS) is 14.3. The Labute approximate surface area is 156 Å². The summed E-state index contributed by atoms with van der Waals surface area (Å²) in [7, 11) is 0. The number of amides is 2. The van der Waals surface area contributed by atoms with Crippen LogP contribution in [0.5, 0.6) is 0 Å². The van der Waals surface area contributed by atoms with Gasteiger partial charge in [0.25, 0.3) is 11.8 Å². The van der Waals surface area contributed by atoms with Gasteiger partial charge in [-0.2, -0.15) is 0 Å². The fourth-order valence-corrected chi connectivity index (χ4v) is 3.10. The largest absolute Gasteiger partial charge is 0.378 e. The smallest absolute Gasteiger partial charge is 0.292 e. The highest BCUT2D eigenvalue weighted by Gasteiger charge is 2.26. The summed E-state index contributed by atoms with van der Waals surface area (Å²) in [5.74, 6) is -0.361. The summed E-state index contributed by atoms with van der Waals surface area (Å²) in [4.78, 5) is 31.8. The summed E-state index contributed by atoms with van der Waals surface area (Å²) in [6, 6.07) is 12.9. The van der Waals surface area contributed by atoms with Crippen molar-refractivity contribution < 1.29 is 14.3 Å². The van der Waals surface area contributed by atoms with Crippen molar-refractivity contribution in [2.75, 3.05) is 31.6 Å². The monoisotopic (exact) mass is 364 g/mol. The van der Waals surface area contributed by atoms with Crippen molar-refractivity contribution in [1.29, 1.82) is 0 Å². The molecule has 1 saturated heterocycles. The number of fused-ring (bicyclic) bond motifs is 1. The molecule has 3 aromatic rings. The van der Waals surface area contributed by atoms with Crippen LogP contribution in [0.25, 0.3) is 5.52 Å². The maximum Gasteiger partial charge on any atom is 0.292 e. The highest BCUT2D eigenvalue weighted by Crippen LogP contribution is 2.18. The Morgan fingerprint density at radius 1 is 1.07 bits per heavy atom. The Kier molecular flexibility index (Phi) is 4.60. The second-order valence-corrected chi connectivity index (χ2v) is 6.46. The SMILES string of the molecule is Cc1ccc(NC(=O)c2nc(C(=O)N3CCOCC3)c3ccccn23)cc1. The van der Waals surface area contributed by atoms with E-state index < -0.39 is 0 Å². The molecule has 1 aliphatic heterocycles. The lowest BCUT2D eigenvalue weighted by Gasteiger charge is -2.26. The number of hydrogen-bond donors (Lipinski definition) is 1. The van der Waals surface area contributed by atoms with Gasteiger partial charge in [-0.3, -0.25) is 14.0 Å². The number of benzene rings is 1. The Hall–Kier alpha value is -3.19. The van der Waals surface area contributed by atoms with E-state index in [1.54, 1.807) is 27.6 Å². The molecule has 7 heteroatoms. The molecule has 2 aromatic heterocycles.